The number of benzene rings is 2. The van der Waals surface area contributed by atoms with Gasteiger partial charge in [-0.3, -0.25) is 0 Å². The summed E-state index contributed by atoms with van der Waals surface area (Å²) in [5.41, 5.74) is 1.14. The van der Waals surface area contributed by atoms with Gasteiger partial charge in [-0.15, -0.1) is 0 Å². The number of nitrogens with one attached hydrogen (secondary N) is 1. The summed E-state index contributed by atoms with van der Waals surface area (Å²) in [4.78, 5) is 17.0. The maximum Gasteiger partial charge on any atom is 0.317 e. The number of likely N-dealkylation sites (N-methyl/N-ethyl adjacent to an activating group) is 1. The van der Waals surface area contributed by atoms with E-state index in [0.29, 0.717) is 19.5 Å². The quantitative estimate of drug-likeness (QED) is 0.803. The molecule has 26 heavy (non-hydrogen) atoms. The Kier molecular flexibility index (Phi) is 6.47. The predicted octanol–water partition coefficient (Wildman–Crippen LogP) is 2.83. The van der Waals surface area contributed by atoms with Crippen LogP contribution >= 0.6 is 0 Å². The van der Waals surface area contributed by atoms with E-state index in [4.69, 9.17) is 0 Å². The van der Waals surface area contributed by atoms with Crippen molar-refractivity contribution in [2.75, 3.05) is 32.8 Å². The lowest BCUT2D eigenvalue weighted by atomic mass is 10.0. The van der Waals surface area contributed by atoms with Crippen LogP contribution in [0.2, 0.25) is 0 Å². The summed E-state index contributed by atoms with van der Waals surface area (Å²) in [5, 5.41) is 14.8. The van der Waals surface area contributed by atoms with Crippen molar-refractivity contribution in [2.45, 2.75) is 32.4 Å². The van der Waals surface area contributed by atoms with Gasteiger partial charge in [-0.1, -0.05) is 49.4 Å². The van der Waals surface area contributed by atoms with Crippen molar-refractivity contribution in [3.05, 3.63) is 48.0 Å². The highest BCUT2D eigenvalue weighted by Gasteiger charge is 2.24. The number of urea groups is 1. The van der Waals surface area contributed by atoms with Crippen LogP contribution in [0.1, 0.15) is 25.3 Å². The molecule has 5 nitrogen and oxygen atoms in total. The maximum absolute atomic E-state index is 12.9. The van der Waals surface area contributed by atoms with Crippen LogP contribution in [0.4, 0.5) is 4.79 Å². The van der Waals surface area contributed by atoms with Gasteiger partial charge in [0.15, 0.2) is 0 Å². The minimum absolute atomic E-state index is 0.0330. The van der Waals surface area contributed by atoms with Gasteiger partial charge < -0.3 is 20.2 Å². The van der Waals surface area contributed by atoms with Gasteiger partial charge in [0, 0.05) is 38.8 Å². The molecule has 0 radical (unpaired) electrons. The number of aliphatic hydroxyl groups is 1. The van der Waals surface area contributed by atoms with Gasteiger partial charge in [-0.2, -0.15) is 0 Å². The number of hydrogen-bond donors (Lipinski definition) is 2. The van der Waals surface area contributed by atoms with Gasteiger partial charge in [-0.25, -0.2) is 4.79 Å². The molecule has 1 unspecified atom stereocenters. The fourth-order valence-corrected chi connectivity index (χ4v) is 3.65. The lowest BCUT2D eigenvalue weighted by Crippen LogP contribution is -2.46. The molecule has 2 aromatic carbocycles. The highest BCUT2D eigenvalue weighted by atomic mass is 16.3. The highest BCUT2D eigenvalue weighted by molar-refractivity contribution is 5.86. The number of hydrogen-bond acceptors (Lipinski definition) is 3. The van der Waals surface area contributed by atoms with Crippen LogP contribution in [0.3, 0.4) is 0 Å². The molecule has 1 fully saturated rings. The van der Waals surface area contributed by atoms with E-state index in [1.807, 2.05) is 23.1 Å². The summed E-state index contributed by atoms with van der Waals surface area (Å²) in [6.07, 6.45) is 1.59. The highest BCUT2D eigenvalue weighted by Crippen LogP contribution is 2.20. The summed E-state index contributed by atoms with van der Waals surface area (Å²) < 4.78 is 0. The van der Waals surface area contributed by atoms with Crippen LogP contribution in [-0.4, -0.2) is 59.8 Å². The first-order valence-corrected chi connectivity index (χ1v) is 9.56. The Labute approximate surface area is 155 Å². The first kappa shape index (κ1) is 18.7. The monoisotopic (exact) mass is 355 g/mol. The van der Waals surface area contributed by atoms with Crippen molar-refractivity contribution in [2.24, 2.45) is 0 Å². The van der Waals surface area contributed by atoms with Gasteiger partial charge in [0.2, 0.25) is 0 Å². The zero-order valence-corrected chi connectivity index (χ0v) is 15.5. The molecule has 0 spiro atoms. The number of likely N-dealkylation sites (tertiary alicyclic amines) is 1. The SMILES string of the molecule is CCN1CCC(NC(=O)N(CCCO)Cc2cccc3ccccc23)C1. The average Bonchev–Trinajstić information content (AvgIpc) is 3.12. The number of carbonyl (C=O) groups is 1. The van der Waals surface area contributed by atoms with Gasteiger partial charge in [0.25, 0.3) is 0 Å². The number of aliphatic hydroxyl groups excluding tert-OH is 1. The first-order valence-electron chi connectivity index (χ1n) is 9.56. The van der Waals surface area contributed by atoms with E-state index in [1.165, 1.54) is 10.8 Å². The molecule has 2 N–H and O–H groups in total. The Morgan fingerprint density at radius 2 is 2.08 bits per heavy atom. The van der Waals surface area contributed by atoms with Crippen LogP contribution in [0, 0.1) is 0 Å². The fourth-order valence-electron chi connectivity index (χ4n) is 3.65. The van der Waals surface area contributed by atoms with E-state index < -0.39 is 0 Å². The third kappa shape index (κ3) is 4.54. The summed E-state index contributed by atoms with van der Waals surface area (Å²) in [7, 11) is 0. The zero-order chi connectivity index (χ0) is 18.4. The average molecular weight is 355 g/mol. The number of fused-ring (bicyclic) bond motifs is 1. The van der Waals surface area contributed by atoms with Gasteiger partial charge in [0.05, 0.1) is 0 Å². The molecule has 0 aromatic heterocycles. The van der Waals surface area contributed by atoms with Crippen LogP contribution in [0.15, 0.2) is 42.5 Å². The smallest absolute Gasteiger partial charge is 0.317 e. The van der Waals surface area contributed by atoms with Crippen LogP contribution < -0.4 is 5.32 Å². The Bertz CT molecular complexity index is 729. The van der Waals surface area contributed by atoms with E-state index >= 15 is 0 Å². The van der Waals surface area contributed by atoms with E-state index in [-0.39, 0.29) is 18.7 Å². The molecular formula is C21H29N3O2. The molecule has 1 aliphatic rings. The molecule has 0 aliphatic carbocycles. The van der Waals surface area contributed by atoms with Crippen molar-refractivity contribution in [1.29, 1.82) is 0 Å². The molecule has 3 rings (SSSR count). The minimum atomic E-state index is -0.0330. The molecule has 140 valence electrons. The van der Waals surface area contributed by atoms with Crippen molar-refractivity contribution in [3.63, 3.8) is 0 Å². The van der Waals surface area contributed by atoms with Gasteiger partial charge in [-0.05, 0) is 35.7 Å². The Balaban J connectivity index is 1.72. The third-order valence-corrected chi connectivity index (χ3v) is 5.16. The molecule has 0 saturated carbocycles. The largest absolute Gasteiger partial charge is 0.396 e. The molecule has 0 bridgehead atoms. The fraction of sp³-hybridized carbons (Fsp3) is 0.476. The molecule has 2 amide bonds. The Hall–Kier alpha value is -2.11. The summed E-state index contributed by atoms with van der Waals surface area (Å²) >= 11 is 0. The molecule has 5 heteroatoms. The topological polar surface area (TPSA) is 55.8 Å². The van der Waals surface area contributed by atoms with Gasteiger partial charge in [0.1, 0.15) is 0 Å². The normalized spacial score (nSPS) is 17.5. The van der Waals surface area contributed by atoms with Crippen LogP contribution in [0.5, 0.6) is 0 Å². The van der Waals surface area contributed by atoms with E-state index in [9.17, 15) is 9.90 Å². The summed E-state index contributed by atoms with van der Waals surface area (Å²) in [6.45, 7) is 6.33. The van der Waals surface area contributed by atoms with E-state index in [0.717, 1.165) is 31.6 Å². The Morgan fingerprint density at radius 1 is 1.27 bits per heavy atom. The van der Waals surface area contributed by atoms with E-state index in [1.54, 1.807) is 0 Å². The third-order valence-electron chi connectivity index (χ3n) is 5.16. The van der Waals surface area contributed by atoms with Crippen LogP contribution in [-0.2, 0) is 6.54 Å². The molecule has 1 heterocycles. The molecule has 1 saturated heterocycles. The maximum atomic E-state index is 12.9. The Morgan fingerprint density at radius 3 is 2.85 bits per heavy atom. The molecular weight excluding hydrogens is 326 g/mol. The minimum Gasteiger partial charge on any atom is -0.396 e. The number of carbonyl (C=O) groups excluding carboxylic acids is 1. The first-order chi connectivity index (χ1) is 12.7. The van der Waals surface area contributed by atoms with Crippen molar-refractivity contribution in [1.82, 2.24) is 15.1 Å². The molecule has 2 aromatic rings. The molecule has 1 atom stereocenters. The van der Waals surface area contributed by atoms with E-state index in [2.05, 4.69) is 41.4 Å². The number of amides is 2. The summed E-state index contributed by atoms with van der Waals surface area (Å²) in [5.74, 6) is 0. The van der Waals surface area contributed by atoms with Crippen molar-refractivity contribution in [3.8, 4) is 0 Å². The van der Waals surface area contributed by atoms with Crippen LogP contribution in [0.25, 0.3) is 10.8 Å². The standard InChI is InChI=1S/C21H29N3O2/c1-2-23-13-11-19(16-23)22-21(26)24(12-6-14-25)15-18-9-5-8-17-7-3-4-10-20(17)18/h3-5,7-10,19,25H,2,6,11-16H2,1H3,(H,22,26). The van der Waals surface area contributed by atoms with Crippen molar-refractivity contribution < 1.29 is 9.90 Å². The molecule has 1 aliphatic heterocycles. The second kappa shape index (κ2) is 9.01. The second-order valence-corrected chi connectivity index (χ2v) is 6.97. The van der Waals surface area contributed by atoms with Crippen molar-refractivity contribution >= 4 is 16.8 Å². The lowest BCUT2D eigenvalue weighted by Gasteiger charge is -2.26. The number of nitrogens with zero attached hydrogens (tertiary/aromatic N) is 2. The summed E-state index contributed by atoms with van der Waals surface area (Å²) in [6, 6.07) is 14.6. The lowest BCUT2D eigenvalue weighted by molar-refractivity contribution is 0.183. The zero-order valence-electron chi connectivity index (χ0n) is 15.5. The second-order valence-electron chi connectivity index (χ2n) is 6.97. The predicted molar refractivity (Wildman–Crippen MR) is 105 cm³/mol. The van der Waals surface area contributed by atoms with Gasteiger partial charge >= 0.3 is 6.03 Å². The number of rotatable bonds is 7.